The first-order valence-electron chi connectivity index (χ1n) is 6.24. The van der Waals surface area contributed by atoms with Gasteiger partial charge in [0.2, 0.25) is 11.7 Å². The molecule has 1 heterocycles. The number of hydrogen-bond donors (Lipinski definition) is 0. The van der Waals surface area contributed by atoms with Crippen LogP contribution in [0.1, 0.15) is 29.6 Å². The molecule has 0 aromatic heterocycles. The van der Waals surface area contributed by atoms with Crippen LogP contribution in [0.4, 0.5) is 5.69 Å². The van der Waals surface area contributed by atoms with Crippen molar-refractivity contribution in [2.24, 2.45) is 0 Å². The molecule has 0 aliphatic carbocycles. The number of piperidine rings is 1. The first-order chi connectivity index (χ1) is 9.49. The molecule has 1 aliphatic rings. The number of anilines is 1. The zero-order chi connectivity index (χ0) is 14.7. The number of carbonyl (C=O) groups is 2. The first kappa shape index (κ1) is 14.5. The maximum absolute atomic E-state index is 11.8. The minimum Gasteiger partial charge on any atom is -0.312 e. The van der Waals surface area contributed by atoms with E-state index in [4.69, 9.17) is 11.6 Å². The highest BCUT2D eigenvalue weighted by atomic mass is 35.5. The number of nitro groups is 1. The molecule has 1 aromatic rings. The summed E-state index contributed by atoms with van der Waals surface area (Å²) in [5.74, 6) is -0.617. The van der Waals surface area contributed by atoms with Gasteiger partial charge in [-0.25, -0.2) is 0 Å². The van der Waals surface area contributed by atoms with Crippen LogP contribution in [0, 0.1) is 10.1 Å². The minimum atomic E-state index is -0.790. The largest absolute Gasteiger partial charge is 0.312 e. The summed E-state index contributed by atoms with van der Waals surface area (Å²) in [5.41, 5.74) is 0.730. The fraction of sp³-hybridized carbons (Fsp3) is 0.385. The zero-order valence-corrected chi connectivity index (χ0v) is 11.4. The summed E-state index contributed by atoms with van der Waals surface area (Å²) in [7, 11) is 0. The molecule has 1 aliphatic heterocycles. The summed E-state index contributed by atoms with van der Waals surface area (Å²) in [5, 5.41) is 10.5. The summed E-state index contributed by atoms with van der Waals surface area (Å²) in [6, 6.07) is 4.55. The number of Topliss-reactive ketones (excluding diaryl/α,β-unsaturated/α-hetero) is 1. The number of benzene rings is 1. The lowest BCUT2D eigenvalue weighted by atomic mass is 10.1. The van der Waals surface area contributed by atoms with E-state index in [2.05, 4.69) is 0 Å². The normalized spacial score (nSPS) is 15.2. The topological polar surface area (TPSA) is 80.5 Å². The van der Waals surface area contributed by atoms with Crippen molar-refractivity contribution in [2.45, 2.75) is 19.3 Å². The monoisotopic (exact) mass is 296 g/mol. The van der Waals surface area contributed by atoms with Gasteiger partial charge in [0.1, 0.15) is 0 Å². The maximum Gasteiger partial charge on any atom is 0.265 e. The van der Waals surface area contributed by atoms with E-state index in [1.54, 1.807) is 11.0 Å². The van der Waals surface area contributed by atoms with Gasteiger partial charge < -0.3 is 4.90 Å². The molecule has 0 saturated carbocycles. The van der Waals surface area contributed by atoms with E-state index in [0.29, 0.717) is 18.7 Å². The lowest BCUT2D eigenvalue weighted by Crippen LogP contribution is -2.35. The van der Waals surface area contributed by atoms with Gasteiger partial charge >= 0.3 is 0 Å². The molecular formula is C13H13ClN2O4. The molecule has 7 heteroatoms. The molecule has 1 fully saturated rings. The second kappa shape index (κ2) is 6.00. The van der Waals surface area contributed by atoms with E-state index in [9.17, 15) is 19.7 Å². The van der Waals surface area contributed by atoms with Crippen molar-refractivity contribution in [3.05, 3.63) is 38.9 Å². The Kier molecular flexibility index (Phi) is 4.34. The van der Waals surface area contributed by atoms with Gasteiger partial charge in [-0.1, -0.05) is 11.6 Å². The summed E-state index contributed by atoms with van der Waals surface area (Å²) >= 11 is 5.99. The Morgan fingerprint density at radius 2 is 2.15 bits per heavy atom. The van der Waals surface area contributed by atoms with Gasteiger partial charge in [0.15, 0.2) is 0 Å². The Bertz CT molecular complexity index is 573. The van der Waals surface area contributed by atoms with Gasteiger partial charge in [0.25, 0.3) is 6.54 Å². The Hall–Kier alpha value is -1.95. The van der Waals surface area contributed by atoms with Crippen LogP contribution in [0.5, 0.6) is 0 Å². The highest BCUT2D eigenvalue weighted by molar-refractivity contribution is 6.34. The van der Waals surface area contributed by atoms with E-state index in [-0.39, 0.29) is 16.5 Å². The van der Waals surface area contributed by atoms with Gasteiger partial charge in [0, 0.05) is 29.1 Å². The van der Waals surface area contributed by atoms with Gasteiger partial charge in [-0.2, -0.15) is 0 Å². The molecule has 1 amide bonds. The number of hydrogen-bond acceptors (Lipinski definition) is 4. The zero-order valence-electron chi connectivity index (χ0n) is 10.7. The third kappa shape index (κ3) is 3.14. The Labute approximate surface area is 120 Å². The molecule has 6 nitrogen and oxygen atoms in total. The van der Waals surface area contributed by atoms with Gasteiger partial charge in [-0.05, 0) is 31.0 Å². The van der Waals surface area contributed by atoms with Gasteiger partial charge in [-0.3, -0.25) is 19.7 Å². The number of nitrogens with zero attached hydrogens (tertiary/aromatic N) is 2. The number of rotatable bonds is 4. The van der Waals surface area contributed by atoms with E-state index in [1.807, 2.05) is 0 Å². The van der Waals surface area contributed by atoms with Crippen LogP contribution >= 0.6 is 11.6 Å². The smallest absolute Gasteiger partial charge is 0.265 e. The Morgan fingerprint density at radius 3 is 2.75 bits per heavy atom. The molecule has 0 spiro atoms. The predicted molar refractivity (Wildman–Crippen MR) is 73.8 cm³/mol. The lowest BCUT2D eigenvalue weighted by Gasteiger charge is -2.27. The molecule has 1 saturated heterocycles. The quantitative estimate of drug-likeness (QED) is 0.485. The van der Waals surface area contributed by atoms with Crippen LogP contribution in [0.2, 0.25) is 5.02 Å². The molecule has 20 heavy (non-hydrogen) atoms. The number of amides is 1. The molecule has 2 rings (SSSR count). The van der Waals surface area contributed by atoms with Crippen LogP contribution in [-0.4, -0.2) is 29.7 Å². The molecular weight excluding hydrogens is 284 g/mol. The van der Waals surface area contributed by atoms with Crippen LogP contribution in [-0.2, 0) is 4.79 Å². The minimum absolute atomic E-state index is 0.0247. The predicted octanol–water partition coefficient (Wildman–Crippen LogP) is 2.32. The summed E-state index contributed by atoms with van der Waals surface area (Å²) in [6.07, 6.45) is 2.30. The van der Waals surface area contributed by atoms with Crippen LogP contribution in [0.15, 0.2) is 18.2 Å². The Balaban J connectivity index is 2.23. The van der Waals surface area contributed by atoms with Crippen molar-refractivity contribution in [3.63, 3.8) is 0 Å². The van der Waals surface area contributed by atoms with Crippen molar-refractivity contribution in [1.82, 2.24) is 0 Å². The first-order valence-corrected chi connectivity index (χ1v) is 6.62. The van der Waals surface area contributed by atoms with E-state index >= 15 is 0 Å². The third-order valence-electron chi connectivity index (χ3n) is 3.16. The second-order valence-corrected chi connectivity index (χ2v) is 4.99. The van der Waals surface area contributed by atoms with Crippen LogP contribution < -0.4 is 4.90 Å². The lowest BCUT2D eigenvalue weighted by molar-refractivity contribution is -0.465. The van der Waals surface area contributed by atoms with Gasteiger partial charge in [0.05, 0.1) is 5.02 Å². The van der Waals surface area contributed by atoms with Crippen molar-refractivity contribution in [1.29, 1.82) is 0 Å². The Morgan fingerprint density at radius 1 is 1.40 bits per heavy atom. The SMILES string of the molecule is O=C(C[N+](=O)[O-])c1ccc(N2CCCCC2=O)cc1Cl. The fourth-order valence-corrected chi connectivity index (χ4v) is 2.46. The summed E-state index contributed by atoms with van der Waals surface area (Å²) < 4.78 is 0. The molecule has 0 unspecified atom stereocenters. The van der Waals surface area contributed by atoms with Crippen molar-refractivity contribution in [3.8, 4) is 0 Å². The van der Waals surface area contributed by atoms with Crippen LogP contribution in [0.3, 0.4) is 0 Å². The molecule has 0 bridgehead atoms. The number of carbonyl (C=O) groups excluding carboxylic acids is 2. The van der Waals surface area contributed by atoms with E-state index in [0.717, 1.165) is 12.8 Å². The standard InChI is InChI=1S/C13H13ClN2O4/c14-11-7-9(15-6-2-1-3-13(15)18)4-5-10(11)12(17)8-16(19)20/h4-5,7H,1-3,6,8H2. The van der Waals surface area contributed by atoms with Gasteiger partial charge in [-0.15, -0.1) is 0 Å². The highest BCUT2D eigenvalue weighted by Gasteiger charge is 2.22. The number of halogens is 1. The second-order valence-electron chi connectivity index (χ2n) is 4.58. The molecule has 106 valence electrons. The molecule has 0 atom stereocenters. The van der Waals surface area contributed by atoms with E-state index in [1.165, 1.54) is 12.1 Å². The molecule has 1 aromatic carbocycles. The average molecular weight is 297 g/mol. The molecule has 0 N–H and O–H groups in total. The number of ketones is 1. The van der Waals surface area contributed by atoms with Crippen molar-refractivity contribution in [2.75, 3.05) is 18.0 Å². The van der Waals surface area contributed by atoms with Crippen molar-refractivity contribution < 1.29 is 14.5 Å². The average Bonchev–Trinajstić information content (AvgIpc) is 2.38. The third-order valence-corrected chi connectivity index (χ3v) is 3.47. The fourth-order valence-electron chi connectivity index (χ4n) is 2.18. The van der Waals surface area contributed by atoms with Crippen LogP contribution in [0.25, 0.3) is 0 Å². The highest BCUT2D eigenvalue weighted by Crippen LogP contribution is 2.27. The maximum atomic E-state index is 11.8. The van der Waals surface area contributed by atoms with E-state index < -0.39 is 17.3 Å². The van der Waals surface area contributed by atoms with Crippen molar-refractivity contribution >= 4 is 29.0 Å². The summed E-state index contributed by atoms with van der Waals surface area (Å²) in [6.45, 7) is -0.168. The summed E-state index contributed by atoms with van der Waals surface area (Å²) in [4.78, 5) is 34.7. The molecule has 0 radical (unpaired) electrons.